The summed E-state index contributed by atoms with van der Waals surface area (Å²) >= 11 is 2.85. The summed E-state index contributed by atoms with van der Waals surface area (Å²) in [4.78, 5) is 10.9. The zero-order valence-corrected chi connectivity index (χ0v) is 10.1. The summed E-state index contributed by atoms with van der Waals surface area (Å²) in [7, 11) is 0. The van der Waals surface area contributed by atoms with E-state index in [4.69, 9.17) is 0 Å². The van der Waals surface area contributed by atoms with Crippen molar-refractivity contribution in [3.8, 4) is 0 Å². The molecule has 0 aliphatic rings. The number of ether oxygens (including phenoxy) is 1. The first kappa shape index (κ1) is 12.8. The predicted molar refractivity (Wildman–Crippen MR) is 59.7 cm³/mol. The van der Waals surface area contributed by atoms with Crippen LogP contribution in [-0.4, -0.2) is 12.6 Å². The van der Waals surface area contributed by atoms with Gasteiger partial charge < -0.3 is 4.74 Å². The van der Waals surface area contributed by atoms with E-state index in [1.165, 1.54) is 6.08 Å². The molecule has 0 aliphatic carbocycles. The normalized spacial score (nSPS) is 10.8. The number of halogens is 3. The summed E-state index contributed by atoms with van der Waals surface area (Å²) in [5.74, 6) is -1.80. The van der Waals surface area contributed by atoms with E-state index in [-0.39, 0.29) is 16.6 Å². The molecule has 0 amide bonds. The zero-order valence-electron chi connectivity index (χ0n) is 8.47. The molecule has 0 saturated carbocycles. The van der Waals surface area contributed by atoms with Gasteiger partial charge in [-0.05, 0) is 41.1 Å². The van der Waals surface area contributed by atoms with Gasteiger partial charge in [0.1, 0.15) is 11.6 Å². The van der Waals surface area contributed by atoms with Crippen molar-refractivity contribution in [1.29, 1.82) is 0 Å². The number of rotatable bonds is 3. The molecule has 16 heavy (non-hydrogen) atoms. The van der Waals surface area contributed by atoms with Crippen molar-refractivity contribution < 1.29 is 18.3 Å². The Kier molecular flexibility index (Phi) is 4.61. The van der Waals surface area contributed by atoms with Crippen LogP contribution in [0.5, 0.6) is 0 Å². The van der Waals surface area contributed by atoms with Crippen molar-refractivity contribution >= 4 is 28.0 Å². The van der Waals surface area contributed by atoms with E-state index in [1.807, 2.05) is 0 Å². The van der Waals surface area contributed by atoms with Crippen molar-refractivity contribution in [2.75, 3.05) is 6.61 Å². The standard InChI is InChI=1S/C11H9BrF2O2/c1-2-16-11(15)4-3-7-5-10(14)8(12)6-9(7)13/h3-6H,2H2,1H3. The molecule has 1 rings (SSSR count). The van der Waals surface area contributed by atoms with Crippen LogP contribution in [0.4, 0.5) is 8.78 Å². The minimum absolute atomic E-state index is 0.00578. The Hall–Kier alpha value is -1.23. The van der Waals surface area contributed by atoms with Gasteiger partial charge in [-0.2, -0.15) is 0 Å². The van der Waals surface area contributed by atoms with Crippen molar-refractivity contribution in [3.05, 3.63) is 39.9 Å². The van der Waals surface area contributed by atoms with Crippen LogP contribution in [0.3, 0.4) is 0 Å². The second-order valence-electron chi connectivity index (χ2n) is 2.87. The molecular weight excluding hydrogens is 282 g/mol. The molecule has 0 heterocycles. The Morgan fingerprint density at radius 3 is 2.75 bits per heavy atom. The Morgan fingerprint density at radius 2 is 2.12 bits per heavy atom. The van der Waals surface area contributed by atoms with Crippen LogP contribution in [0.25, 0.3) is 6.08 Å². The highest BCUT2D eigenvalue weighted by molar-refractivity contribution is 9.10. The topological polar surface area (TPSA) is 26.3 Å². The van der Waals surface area contributed by atoms with Gasteiger partial charge >= 0.3 is 5.97 Å². The molecule has 1 aromatic rings. The highest BCUT2D eigenvalue weighted by Gasteiger charge is 2.06. The number of hydrogen-bond acceptors (Lipinski definition) is 2. The fourth-order valence-electron chi connectivity index (χ4n) is 1.01. The van der Waals surface area contributed by atoms with Crippen molar-refractivity contribution in [1.82, 2.24) is 0 Å². The Bertz CT molecular complexity index is 430. The van der Waals surface area contributed by atoms with Crippen LogP contribution in [0, 0.1) is 11.6 Å². The number of hydrogen-bond donors (Lipinski definition) is 0. The maximum absolute atomic E-state index is 13.3. The molecule has 0 atom stereocenters. The van der Waals surface area contributed by atoms with Crippen LogP contribution in [0.2, 0.25) is 0 Å². The molecular formula is C11H9BrF2O2. The number of benzene rings is 1. The Balaban J connectivity index is 2.89. The number of carbonyl (C=O) groups is 1. The molecule has 2 nitrogen and oxygen atoms in total. The fourth-order valence-corrected chi connectivity index (χ4v) is 1.33. The molecule has 0 bridgehead atoms. The van der Waals surface area contributed by atoms with E-state index < -0.39 is 17.6 Å². The van der Waals surface area contributed by atoms with E-state index in [1.54, 1.807) is 6.92 Å². The SMILES string of the molecule is CCOC(=O)C=Cc1cc(F)c(Br)cc1F. The molecule has 86 valence electrons. The lowest BCUT2D eigenvalue weighted by atomic mass is 10.2. The van der Waals surface area contributed by atoms with Gasteiger partial charge in [-0.1, -0.05) is 0 Å². The smallest absolute Gasteiger partial charge is 0.330 e. The van der Waals surface area contributed by atoms with Gasteiger partial charge in [0.15, 0.2) is 0 Å². The third-order valence-electron chi connectivity index (χ3n) is 1.73. The van der Waals surface area contributed by atoms with Crippen LogP contribution in [0.15, 0.2) is 22.7 Å². The molecule has 0 radical (unpaired) electrons. The van der Waals surface area contributed by atoms with Crippen molar-refractivity contribution in [3.63, 3.8) is 0 Å². The molecule has 0 aromatic heterocycles. The van der Waals surface area contributed by atoms with Crippen molar-refractivity contribution in [2.24, 2.45) is 0 Å². The molecule has 0 spiro atoms. The first-order valence-corrected chi connectivity index (χ1v) is 5.33. The summed E-state index contributed by atoms with van der Waals surface area (Å²) in [5.41, 5.74) is -0.00578. The van der Waals surface area contributed by atoms with Gasteiger partial charge in [0.05, 0.1) is 11.1 Å². The van der Waals surface area contributed by atoms with Gasteiger partial charge in [0, 0.05) is 11.6 Å². The predicted octanol–water partition coefficient (Wildman–Crippen LogP) is 3.30. The second-order valence-corrected chi connectivity index (χ2v) is 3.73. The Morgan fingerprint density at radius 1 is 1.44 bits per heavy atom. The van der Waals surface area contributed by atoms with Gasteiger partial charge in [0.2, 0.25) is 0 Å². The molecule has 1 aromatic carbocycles. The molecule has 0 saturated heterocycles. The second kappa shape index (κ2) is 5.75. The third-order valence-corrected chi connectivity index (χ3v) is 2.33. The van der Waals surface area contributed by atoms with E-state index in [0.717, 1.165) is 18.2 Å². The molecule has 0 fully saturated rings. The summed E-state index contributed by atoms with van der Waals surface area (Å²) in [6.07, 6.45) is 2.22. The van der Waals surface area contributed by atoms with E-state index in [2.05, 4.69) is 20.7 Å². The van der Waals surface area contributed by atoms with Gasteiger partial charge in [0.25, 0.3) is 0 Å². The average molecular weight is 291 g/mol. The largest absolute Gasteiger partial charge is 0.463 e. The maximum Gasteiger partial charge on any atom is 0.330 e. The fraction of sp³-hybridized carbons (Fsp3) is 0.182. The summed E-state index contributed by atoms with van der Waals surface area (Å²) in [5, 5.41) is 0. The van der Waals surface area contributed by atoms with Crippen LogP contribution in [0.1, 0.15) is 12.5 Å². The molecule has 5 heteroatoms. The van der Waals surface area contributed by atoms with Gasteiger partial charge in [-0.15, -0.1) is 0 Å². The van der Waals surface area contributed by atoms with Gasteiger partial charge in [-0.3, -0.25) is 0 Å². The maximum atomic E-state index is 13.3. The Labute approximate surface area is 100 Å². The lowest BCUT2D eigenvalue weighted by Crippen LogP contribution is -1.99. The van der Waals surface area contributed by atoms with E-state index in [0.29, 0.717) is 0 Å². The van der Waals surface area contributed by atoms with Crippen LogP contribution < -0.4 is 0 Å². The summed E-state index contributed by atoms with van der Waals surface area (Å²) in [6.45, 7) is 1.89. The highest BCUT2D eigenvalue weighted by Crippen LogP contribution is 2.20. The number of esters is 1. The van der Waals surface area contributed by atoms with E-state index in [9.17, 15) is 13.6 Å². The van der Waals surface area contributed by atoms with Crippen LogP contribution in [-0.2, 0) is 9.53 Å². The monoisotopic (exact) mass is 290 g/mol. The molecule has 0 aliphatic heterocycles. The zero-order chi connectivity index (χ0) is 12.1. The van der Waals surface area contributed by atoms with E-state index >= 15 is 0 Å². The van der Waals surface area contributed by atoms with Crippen LogP contribution >= 0.6 is 15.9 Å². The van der Waals surface area contributed by atoms with Gasteiger partial charge in [-0.25, -0.2) is 13.6 Å². The lowest BCUT2D eigenvalue weighted by molar-refractivity contribution is -0.137. The minimum atomic E-state index is -0.617. The first-order chi connectivity index (χ1) is 7.54. The lowest BCUT2D eigenvalue weighted by Gasteiger charge is -2.00. The number of carbonyl (C=O) groups excluding carboxylic acids is 1. The van der Waals surface area contributed by atoms with Crippen molar-refractivity contribution in [2.45, 2.75) is 6.92 Å². The third kappa shape index (κ3) is 3.41. The molecule has 0 N–H and O–H groups in total. The highest BCUT2D eigenvalue weighted by atomic mass is 79.9. The summed E-state index contributed by atoms with van der Waals surface area (Å²) < 4.78 is 31.0. The quantitative estimate of drug-likeness (QED) is 0.485. The minimum Gasteiger partial charge on any atom is -0.463 e. The molecule has 0 unspecified atom stereocenters. The summed E-state index contributed by atoms with van der Waals surface area (Å²) in [6, 6.07) is 2.00. The average Bonchev–Trinajstić information content (AvgIpc) is 2.22. The first-order valence-electron chi connectivity index (χ1n) is 4.54.